The summed E-state index contributed by atoms with van der Waals surface area (Å²) in [7, 11) is 0. The molecule has 3 heteroatoms. The number of hydrogen-bond donors (Lipinski definition) is 0. The molecule has 0 aliphatic heterocycles. The first kappa shape index (κ1) is 24.7. The van der Waals surface area contributed by atoms with Gasteiger partial charge in [-0.2, -0.15) is 10.5 Å². The van der Waals surface area contributed by atoms with Crippen LogP contribution in [-0.4, -0.2) is 0 Å². The van der Waals surface area contributed by atoms with Crippen molar-refractivity contribution in [1.29, 1.82) is 10.5 Å². The lowest BCUT2D eigenvalue weighted by Crippen LogP contribution is -2.09. The van der Waals surface area contributed by atoms with Crippen LogP contribution in [0.5, 0.6) is 0 Å². The predicted molar refractivity (Wildman–Crippen MR) is 166 cm³/mol. The van der Waals surface area contributed by atoms with Gasteiger partial charge in [0, 0.05) is 38.6 Å². The molecule has 0 aliphatic carbocycles. The molecule has 0 N–H and O–H groups in total. The Morgan fingerprint density at radius 2 is 0.975 bits per heavy atom. The van der Waals surface area contributed by atoms with Crippen molar-refractivity contribution in [2.24, 2.45) is 0 Å². The number of para-hydroxylation sites is 1. The lowest BCUT2D eigenvalue weighted by Gasteiger charge is -2.25. The van der Waals surface area contributed by atoms with Gasteiger partial charge in [-0.3, -0.25) is 0 Å². The zero-order chi connectivity index (χ0) is 27.5. The number of hydrogen-bond acceptors (Lipinski definition) is 3. The van der Waals surface area contributed by atoms with E-state index in [-0.39, 0.29) is 0 Å². The van der Waals surface area contributed by atoms with E-state index in [0.717, 1.165) is 49.7 Å². The van der Waals surface area contributed by atoms with Gasteiger partial charge in [0.05, 0.1) is 11.1 Å². The summed E-state index contributed by atoms with van der Waals surface area (Å²) in [5.41, 5.74) is 7.75. The molecule has 0 spiro atoms. The monoisotopic (exact) mass is 511 g/mol. The summed E-state index contributed by atoms with van der Waals surface area (Å²) >= 11 is 0. The van der Waals surface area contributed by atoms with E-state index in [4.69, 9.17) is 0 Å². The van der Waals surface area contributed by atoms with Crippen LogP contribution in [0, 0.1) is 29.6 Å². The number of rotatable bonds is 5. The normalized spacial score (nSPS) is 11.0. The van der Waals surface area contributed by atoms with Gasteiger partial charge < -0.3 is 4.90 Å². The summed E-state index contributed by atoms with van der Waals surface area (Å²) in [6.07, 6.45) is 4.12. The Kier molecular flexibility index (Phi) is 6.55. The fourth-order valence-electron chi connectivity index (χ4n) is 5.19. The minimum absolute atomic E-state index is 0.598. The highest BCUT2D eigenvalue weighted by atomic mass is 15.1. The molecule has 0 heterocycles. The number of anilines is 3. The fourth-order valence-corrected chi connectivity index (χ4v) is 5.19. The number of benzene rings is 6. The average Bonchev–Trinajstić information content (AvgIpc) is 3.01. The maximum Gasteiger partial charge on any atom is 0.100 e. The quantitative estimate of drug-likeness (QED) is 0.171. The fraction of sp³-hybridized carbons (Fsp3) is 0.0270. The third-order valence-corrected chi connectivity index (χ3v) is 7.20. The van der Waals surface area contributed by atoms with Gasteiger partial charge >= 0.3 is 0 Å². The molecule has 6 aromatic carbocycles. The molecule has 0 saturated heterocycles. The van der Waals surface area contributed by atoms with Crippen LogP contribution in [0.3, 0.4) is 0 Å². The second-order valence-corrected chi connectivity index (χ2v) is 9.76. The standard InChI is InChI=1S/C37H25N3/c1-26-11-18-30(19-12-26)40(29-7-3-2-4-8-29)31-20-15-27(16-21-31)13-14-28-17-22-34-35(23-28)37(25-39)33-10-6-5-9-32(33)36(34)24-38/h2-23H,1H3. The maximum absolute atomic E-state index is 9.99. The largest absolute Gasteiger partial charge is 0.311 e. The Morgan fingerprint density at radius 3 is 1.60 bits per heavy atom. The van der Waals surface area contributed by atoms with Crippen molar-refractivity contribution in [3.8, 4) is 12.1 Å². The van der Waals surface area contributed by atoms with Crippen LogP contribution >= 0.6 is 0 Å². The van der Waals surface area contributed by atoms with Crippen molar-refractivity contribution in [3.63, 3.8) is 0 Å². The third-order valence-electron chi connectivity index (χ3n) is 7.20. The third kappa shape index (κ3) is 4.58. The van der Waals surface area contributed by atoms with Gasteiger partial charge in [-0.1, -0.05) is 96.6 Å². The van der Waals surface area contributed by atoms with E-state index in [9.17, 15) is 10.5 Å². The molecule has 0 bridgehead atoms. The van der Waals surface area contributed by atoms with Crippen LogP contribution in [0.4, 0.5) is 17.1 Å². The van der Waals surface area contributed by atoms with Crippen LogP contribution in [0.15, 0.2) is 121 Å². The molecule has 6 rings (SSSR count). The molecule has 0 amide bonds. The first-order valence-corrected chi connectivity index (χ1v) is 13.1. The molecular formula is C37H25N3. The van der Waals surface area contributed by atoms with Crippen molar-refractivity contribution in [2.45, 2.75) is 6.92 Å². The van der Waals surface area contributed by atoms with E-state index in [0.29, 0.717) is 11.1 Å². The first-order chi connectivity index (χ1) is 19.7. The Labute approximate surface area is 234 Å². The summed E-state index contributed by atoms with van der Waals surface area (Å²) in [4.78, 5) is 2.25. The average molecular weight is 512 g/mol. The van der Waals surface area contributed by atoms with Gasteiger partial charge in [0.1, 0.15) is 12.1 Å². The highest BCUT2D eigenvalue weighted by molar-refractivity contribution is 6.09. The highest BCUT2D eigenvalue weighted by Gasteiger charge is 2.14. The van der Waals surface area contributed by atoms with Gasteiger partial charge in [-0.25, -0.2) is 0 Å². The Bertz CT molecular complexity index is 1950. The van der Waals surface area contributed by atoms with Crippen molar-refractivity contribution >= 4 is 50.8 Å². The van der Waals surface area contributed by atoms with Crippen LogP contribution in [-0.2, 0) is 0 Å². The Balaban J connectivity index is 1.35. The van der Waals surface area contributed by atoms with Gasteiger partial charge in [0.15, 0.2) is 0 Å². The van der Waals surface area contributed by atoms with Crippen LogP contribution in [0.2, 0.25) is 0 Å². The summed E-state index contributed by atoms with van der Waals surface area (Å²) in [6, 6.07) is 45.7. The molecule has 6 aromatic rings. The zero-order valence-electron chi connectivity index (χ0n) is 22.0. The van der Waals surface area contributed by atoms with Crippen molar-refractivity contribution in [1.82, 2.24) is 0 Å². The summed E-state index contributed by atoms with van der Waals surface area (Å²) in [5, 5.41) is 23.1. The van der Waals surface area contributed by atoms with Crippen molar-refractivity contribution in [3.05, 3.63) is 149 Å². The van der Waals surface area contributed by atoms with Gasteiger partial charge in [-0.15, -0.1) is 0 Å². The van der Waals surface area contributed by atoms with Crippen molar-refractivity contribution in [2.75, 3.05) is 4.90 Å². The molecule has 0 atom stereocenters. The van der Waals surface area contributed by atoms with Crippen LogP contribution in [0.25, 0.3) is 33.7 Å². The second kappa shape index (κ2) is 10.6. The van der Waals surface area contributed by atoms with E-state index >= 15 is 0 Å². The van der Waals surface area contributed by atoms with Crippen molar-refractivity contribution < 1.29 is 0 Å². The predicted octanol–water partition coefficient (Wildman–Crippen LogP) is 9.68. The highest BCUT2D eigenvalue weighted by Crippen LogP contribution is 2.35. The lowest BCUT2D eigenvalue weighted by molar-refractivity contribution is 1.27. The van der Waals surface area contributed by atoms with Gasteiger partial charge in [0.2, 0.25) is 0 Å². The van der Waals surface area contributed by atoms with Crippen LogP contribution in [0.1, 0.15) is 27.8 Å². The van der Waals surface area contributed by atoms with E-state index < -0.39 is 0 Å². The molecule has 3 nitrogen and oxygen atoms in total. The number of nitrogens with zero attached hydrogens (tertiary/aromatic N) is 3. The second-order valence-electron chi connectivity index (χ2n) is 9.76. The maximum atomic E-state index is 9.99. The molecule has 0 aliphatic rings. The summed E-state index contributed by atoms with van der Waals surface area (Å²) in [6.45, 7) is 2.10. The van der Waals surface area contributed by atoms with Gasteiger partial charge in [0.25, 0.3) is 0 Å². The summed E-state index contributed by atoms with van der Waals surface area (Å²) in [5.74, 6) is 0. The Morgan fingerprint density at radius 1 is 0.500 bits per heavy atom. The molecule has 0 unspecified atom stereocenters. The molecule has 40 heavy (non-hydrogen) atoms. The lowest BCUT2D eigenvalue weighted by atomic mass is 9.91. The number of nitriles is 2. The minimum Gasteiger partial charge on any atom is -0.311 e. The summed E-state index contributed by atoms with van der Waals surface area (Å²) < 4.78 is 0. The SMILES string of the molecule is Cc1ccc(N(c2ccccc2)c2ccc(C=Cc3ccc4c(C#N)c5ccccc5c(C#N)c4c3)cc2)cc1. The number of aryl methyl sites for hydroxylation is 1. The smallest absolute Gasteiger partial charge is 0.100 e. The van der Waals surface area contributed by atoms with E-state index in [2.05, 4.69) is 103 Å². The molecule has 0 saturated carbocycles. The van der Waals surface area contributed by atoms with E-state index in [1.54, 1.807) is 0 Å². The minimum atomic E-state index is 0.598. The molecule has 0 radical (unpaired) electrons. The molecule has 188 valence electrons. The zero-order valence-corrected chi connectivity index (χ0v) is 22.0. The Hall–Kier alpha value is -5.64. The van der Waals surface area contributed by atoms with E-state index in [1.165, 1.54) is 5.56 Å². The molecular weight excluding hydrogens is 486 g/mol. The topological polar surface area (TPSA) is 50.8 Å². The van der Waals surface area contributed by atoms with Gasteiger partial charge in [-0.05, 0) is 60.5 Å². The first-order valence-electron chi connectivity index (χ1n) is 13.1. The number of fused-ring (bicyclic) bond motifs is 2. The van der Waals surface area contributed by atoms with E-state index in [1.807, 2.05) is 54.6 Å². The molecule has 0 aromatic heterocycles. The van der Waals surface area contributed by atoms with Crippen LogP contribution < -0.4 is 4.90 Å². The molecule has 0 fully saturated rings.